The van der Waals surface area contributed by atoms with Gasteiger partial charge >= 0.3 is 0 Å². The lowest BCUT2D eigenvalue weighted by Gasteiger charge is -2.07. The minimum atomic E-state index is -0.438. The van der Waals surface area contributed by atoms with Gasteiger partial charge in [-0.1, -0.05) is 53.2 Å². The second kappa shape index (κ2) is 9.36. The molecule has 0 unspecified atom stereocenters. The second-order valence-corrected chi connectivity index (χ2v) is 8.00. The van der Waals surface area contributed by atoms with Crippen molar-refractivity contribution in [2.75, 3.05) is 5.32 Å². The molecule has 9 heteroatoms. The number of para-hydroxylation sites is 1. The summed E-state index contributed by atoms with van der Waals surface area (Å²) in [4.78, 5) is 12.9. The Hall–Kier alpha value is -3.10. The maximum Gasteiger partial charge on any atom is 0.279 e. The highest BCUT2D eigenvalue weighted by Crippen LogP contribution is 2.24. The standard InChI is InChI=1S/C22H18BrClN4O3/c1-14-17(13-30-16-8-3-2-4-9-16)20(27-31-14)22(29)25-21-18(23)12-28(26-21)11-15-7-5-6-10-19(15)24/h2-10,12H,11,13H2,1H3,(H,25,26,29). The van der Waals surface area contributed by atoms with Crippen LogP contribution >= 0.6 is 27.5 Å². The fourth-order valence-electron chi connectivity index (χ4n) is 2.94. The molecule has 0 saturated carbocycles. The molecule has 0 fully saturated rings. The van der Waals surface area contributed by atoms with Crippen molar-refractivity contribution in [2.45, 2.75) is 20.1 Å². The highest BCUT2D eigenvalue weighted by Gasteiger charge is 2.22. The van der Waals surface area contributed by atoms with Gasteiger partial charge < -0.3 is 14.6 Å². The SMILES string of the molecule is Cc1onc(C(=O)Nc2nn(Cc3ccccc3Cl)cc2Br)c1COc1ccccc1. The minimum Gasteiger partial charge on any atom is -0.489 e. The van der Waals surface area contributed by atoms with Gasteiger partial charge in [0.25, 0.3) is 5.91 Å². The maximum absolute atomic E-state index is 12.9. The van der Waals surface area contributed by atoms with Gasteiger partial charge in [0.05, 0.1) is 16.6 Å². The number of nitrogens with zero attached hydrogens (tertiary/aromatic N) is 3. The zero-order valence-corrected chi connectivity index (χ0v) is 18.9. The molecule has 0 spiro atoms. The van der Waals surface area contributed by atoms with Crippen molar-refractivity contribution in [3.05, 3.63) is 92.9 Å². The highest BCUT2D eigenvalue weighted by atomic mass is 79.9. The predicted molar refractivity (Wildman–Crippen MR) is 120 cm³/mol. The van der Waals surface area contributed by atoms with Crippen LogP contribution in [-0.2, 0) is 13.2 Å². The van der Waals surface area contributed by atoms with E-state index in [0.29, 0.717) is 38.9 Å². The fourth-order valence-corrected chi connectivity index (χ4v) is 3.55. The van der Waals surface area contributed by atoms with Gasteiger partial charge in [-0.2, -0.15) is 5.10 Å². The molecule has 0 saturated heterocycles. The van der Waals surface area contributed by atoms with E-state index in [-0.39, 0.29) is 12.3 Å². The predicted octanol–water partition coefficient (Wildman–Crippen LogP) is 5.48. The quantitative estimate of drug-likeness (QED) is 0.363. The van der Waals surface area contributed by atoms with Gasteiger partial charge in [0.15, 0.2) is 11.5 Å². The summed E-state index contributed by atoms with van der Waals surface area (Å²) in [5, 5.41) is 11.8. The van der Waals surface area contributed by atoms with Gasteiger partial charge in [-0.05, 0) is 46.6 Å². The Morgan fingerprint density at radius 2 is 1.94 bits per heavy atom. The molecule has 4 rings (SSSR count). The zero-order chi connectivity index (χ0) is 21.8. The number of rotatable bonds is 7. The van der Waals surface area contributed by atoms with Gasteiger partial charge in [0.1, 0.15) is 18.1 Å². The molecule has 1 N–H and O–H groups in total. The first-order valence-electron chi connectivity index (χ1n) is 9.42. The summed E-state index contributed by atoms with van der Waals surface area (Å²) in [6.45, 7) is 2.36. The summed E-state index contributed by atoms with van der Waals surface area (Å²) in [5.41, 5.74) is 1.65. The molecule has 31 heavy (non-hydrogen) atoms. The van der Waals surface area contributed by atoms with Gasteiger partial charge in [0, 0.05) is 11.2 Å². The summed E-state index contributed by atoms with van der Waals surface area (Å²) in [6.07, 6.45) is 1.77. The molecular formula is C22H18BrClN4O3. The molecule has 0 aliphatic carbocycles. The summed E-state index contributed by atoms with van der Waals surface area (Å²) in [5.74, 6) is 1.14. The lowest BCUT2D eigenvalue weighted by molar-refractivity contribution is 0.101. The van der Waals surface area contributed by atoms with Crippen molar-refractivity contribution in [3.63, 3.8) is 0 Å². The normalized spacial score (nSPS) is 10.8. The van der Waals surface area contributed by atoms with Gasteiger partial charge in [-0.15, -0.1) is 0 Å². The molecule has 0 aliphatic rings. The summed E-state index contributed by atoms with van der Waals surface area (Å²) in [7, 11) is 0. The maximum atomic E-state index is 12.9. The first-order chi connectivity index (χ1) is 15.0. The van der Waals surface area contributed by atoms with Crippen LogP contribution in [0, 0.1) is 6.92 Å². The van der Waals surface area contributed by atoms with Crippen LogP contribution in [0.2, 0.25) is 5.02 Å². The number of hydrogen-bond donors (Lipinski definition) is 1. The Morgan fingerprint density at radius 3 is 2.71 bits per heavy atom. The zero-order valence-electron chi connectivity index (χ0n) is 16.5. The largest absolute Gasteiger partial charge is 0.489 e. The van der Waals surface area contributed by atoms with E-state index in [1.165, 1.54) is 0 Å². The smallest absolute Gasteiger partial charge is 0.279 e. The lowest BCUT2D eigenvalue weighted by Crippen LogP contribution is -2.16. The number of nitrogens with one attached hydrogen (secondary N) is 1. The van der Waals surface area contributed by atoms with E-state index in [1.54, 1.807) is 17.8 Å². The summed E-state index contributed by atoms with van der Waals surface area (Å²) in [6, 6.07) is 16.9. The molecular weight excluding hydrogens is 484 g/mol. The third kappa shape index (κ3) is 4.98. The van der Waals surface area contributed by atoms with Crippen LogP contribution in [-0.4, -0.2) is 20.8 Å². The highest BCUT2D eigenvalue weighted by molar-refractivity contribution is 9.10. The Morgan fingerprint density at radius 1 is 1.19 bits per heavy atom. The average Bonchev–Trinajstić information content (AvgIpc) is 3.30. The van der Waals surface area contributed by atoms with Crippen LogP contribution in [0.5, 0.6) is 5.75 Å². The van der Waals surface area contributed by atoms with E-state index in [2.05, 4.69) is 31.5 Å². The van der Waals surface area contributed by atoms with Crippen LogP contribution in [0.15, 0.2) is 69.8 Å². The summed E-state index contributed by atoms with van der Waals surface area (Å²) >= 11 is 9.66. The molecule has 1 amide bonds. The van der Waals surface area contributed by atoms with Crippen molar-refractivity contribution in [1.29, 1.82) is 0 Å². The molecule has 2 aromatic heterocycles. The average molecular weight is 502 g/mol. The molecule has 2 heterocycles. The topological polar surface area (TPSA) is 82.2 Å². The third-order valence-corrected chi connectivity index (χ3v) is 5.51. The van der Waals surface area contributed by atoms with Gasteiger partial charge in [-0.25, -0.2) is 0 Å². The molecule has 158 valence electrons. The monoisotopic (exact) mass is 500 g/mol. The number of amides is 1. The van der Waals surface area contributed by atoms with Crippen LogP contribution in [0.25, 0.3) is 0 Å². The number of carbonyl (C=O) groups excluding carboxylic acids is 1. The number of aryl methyl sites for hydroxylation is 1. The number of anilines is 1. The van der Waals surface area contributed by atoms with E-state index in [1.807, 2.05) is 54.6 Å². The van der Waals surface area contributed by atoms with Crippen molar-refractivity contribution in [3.8, 4) is 5.75 Å². The number of aromatic nitrogens is 3. The van der Waals surface area contributed by atoms with Crippen LogP contribution in [0.3, 0.4) is 0 Å². The number of ether oxygens (including phenoxy) is 1. The van der Waals surface area contributed by atoms with E-state index < -0.39 is 5.91 Å². The van der Waals surface area contributed by atoms with E-state index in [0.717, 1.165) is 5.56 Å². The lowest BCUT2D eigenvalue weighted by atomic mass is 10.2. The van der Waals surface area contributed by atoms with Crippen molar-refractivity contribution in [1.82, 2.24) is 14.9 Å². The first-order valence-corrected chi connectivity index (χ1v) is 10.6. The molecule has 4 aromatic rings. The number of hydrogen-bond acceptors (Lipinski definition) is 5. The Bertz CT molecular complexity index is 1210. The van der Waals surface area contributed by atoms with E-state index >= 15 is 0 Å². The Labute approximate surface area is 192 Å². The molecule has 7 nitrogen and oxygen atoms in total. The fraction of sp³-hybridized carbons (Fsp3) is 0.136. The van der Waals surface area contributed by atoms with Gasteiger partial charge in [0.2, 0.25) is 0 Å². The minimum absolute atomic E-state index is 0.154. The number of halogens is 2. The molecule has 0 atom stereocenters. The van der Waals surface area contributed by atoms with Crippen molar-refractivity contribution in [2.24, 2.45) is 0 Å². The molecule has 0 radical (unpaired) electrons. The summed E-state index contributed by atoms with van der Waals surface area (Å²) < 4.78 is 13.3. The van der Waals surface area contributed by atoms with E-state index in [4.69, 9.17) is 20.9 Å². The van der Waals surface area contributed by atoms with Crippen LogP contribution in [0.1, 0.15) is 27.4 Å². The Kier molecular flexibility index (Phi) is 6.39. The number of carbonyl (C=O) groups is 1. The van der Waals surface area contributed by atoms with Crippen molar-refractivity contribution < 1.29 is 14.1 Å². The molecule has 0 aliphatic heterocycles. The van der Waals surface area contributed by atoms with Crippen LogP contribution < -0.4 is 10.1 Å². The van der Waals surface area contributed by atoms with Crippen molar-refractivity contribution >= 4 is 39.3 Å². The first kappa shape index (κ1) is 21.1. The third-order valence-electron chi connectivity index (χ3n) is 4.57. The van der Waals surface area contributed by atoms with Gasteiger partial charge in [-0.3, -0.25) is 9.48 Å². The second-order valence-electron chi connectivity index (χ2n) is 6.74. The Balaban J connectivity index is 1.48. The molecule has 0 bridgehead atoms. The molecule has 2 aromatic carbocycles. The van der Waals surface area contributed by atoms with Crippen LogP contribution in [0.4, 0.5) is 5.82 Å². The van der Waals surface area contributed by atoms with E-state index in [9.17, 15) is 4.79 Å². The number of benzene rings is 2.